The maximum atomic E-state index is 11.9. The Morgan fingerprint density at radius 3 is 3.00 bits per heavy atom. The highest BCUT2D eigenvalue weighted by Gasteiger charge is 2.33. The molecule has 8 heteroatoms. The standard InChI is InChI=1S/C10H13N3O2S3/c1-3-16-10-12-11-9(18-10)13-5-7(4-8(13)15)17-6(2)14/h7H,3-5H2,1-2H3. The quantitative estimate of drug-likeness (QED) is 0.626. The molecule has 1 unspecified atom stereocenters. The van der Waals surface area contributed by atoms with Gasteiger partial charge >= 0.3 is 0 Å². The lowest BCUT2D eigenvalue weighted by Crippen LogP contribution is -2.24. The van der Waals surface area contributed by atoms with Crippen molar-refractivity contribution in [3.63, 3.8) is 0 Å². The van der Waals surface area contributed by atoms with E-state index in [-0.39, 0.29) is 16.3 Å². The molecule has 1 aromatic heterocycles. The number of aromatic nitrogens is 2. The Morgan fingerprint density at radius 1 is 1.56 bits per heavy atom. The third kappa shape index (κ3) is 3.24. The molecule has 0 bridgehead atoms. The smallest absolute Gasteiger partial charge is 0.230 e. The largest absolute Gasteiger partial charge is 0.288 e. The second kappa shape index (κ2) is 6.03. The number of anilines is 1. The van der Waals surface area contributed by atoms with Gasteiger partial charge in [-0.3, -0.25) is 14.5 Å². The molecule has 0 aliphatic carbocycles. The predicted molar refractivity (Wildman–Crippen MR) is 75.3 cm³/mol. The average Bonchev–Trinajstić information content (AvgIpc) is 2.85. The van der Waals surface area contributed by atoms with Crippen molar-refractivity contribution in [1.82, 2.24) is 10.2 Å². The summed E-state index contributed by atoms with van der Waals surface area (Å²) in [6.45, 7) is 4.12. The number of carbonyl (C=O) groups excluding carboxylic acids is 2. The van der Waals surface area contributed by atoms with Gasteiger partial charge in [-0.2, -0.15) is 0 Å². The van der Waals surface area contributed by atoms with Crippen LogP contribution in [0.2, 0.25) is 0 Å². The topological polar surface area (TPSA) is 63.2 Å². The minimum Gasteiger partial charge on any atom is -0.288 e. The molecule has 1 amide bonds. The summed E-state index contributed by atoms with van der Waals surface area (Å²) in [5.74, 6) is 0.962. The fraction of sp³-hybridized carbons (Fsp3) is 0.600. The average molecular weight is 303 g/mol. The number of hydrogen-bond donors (Lipinski definition) is 0. The zero-order chi connectivity index (χ0) is 13.1. The van der Waals surface area contributed by atoms with E-state index in [1.54, 1.807) is 16.7 Å². The van der Waals surface area contributed by atoms with Gasteiger partial charge in [0.2, 0.25) is 11.0 Å². The van der Waals surface area contributed by atoms with Crippen LogP contribution in [-0.4, -0.2) is 38.8 Å². The molecule has 0 aromatic carbocycles. The van der Waals surface area contributed by atoms with E-state index in [1.807, 2.05) is 6.92 Å². The van der Waals surface area contributed by atoms with Crippen molar-refractivity contribution in [2.24, 2.45) is 0 Å². The van der Waals surface area contributed by atoms with Gasteiger partial charge in [0.15, 0.2) is 9.45 Å². The first-order chi connectivity index (χ1) is 8.60. The third-order valence-corrected chi connectivity index (χ3v) is 5.26. The minimum atomic E-state index is 0.0259. The van der Waals surface area contributed by atoms with Gasteiger partial charge in [-0.15, -0.1) is 10.2 Å². The van der Waals surface area contributed by atoms with Crippen LogP contribution in [0.25, 0.3) is 0 Å². The molecule has 1 aliphatic heterocycles. The minimum absolute atomic E-state index is 0.0259. The number of rotatable bonds is 4. The summed E-state index contributed by atoms with van der Waals surface area (Å²) >= 11 is 4.28. The molecule has 0 spiro atoms. The lowest BCUT2D eigenvalue weighted by Gasteiger charge is -2.10. The van der Waals surface area contributed by atoms with Gasteiger partial charge in [-0.25, -0.2) is 0 Å². The molecule has 1 aliphatic rings. The fourth-order valence-electron chi connectivity index (χ4n) is 1.67. The molecule has 2 heterocycles. The Bertz CT molecular complexity index is 463. The molecule has 5 nitrogen and oxygen atoms in total. The molecule has 1 aromatic rings. The molecule has 1 fully saturated rings. The van der Waals surface area contributed by atoms with Crippen LogP contribution in [0.5, 0.6) is 0 Å². The lowest BCUT2D eigenvalue weighted by molar-refractivity contribution is -0.117. The second-order valence-electron chi connectivity index (χ2n) is 3.72. The molecule has 1 atom stereocenters. The molecule has 0 radical (unpaired) electrons. The van der Waals surface area contributed by atoms with Crippen LogP contribution in [0.15, 0.2) is 4.34 Å². The van der Waals surface area contributed by atoms with Crippen LogP contribution >= 0.6 is 34.9 Å². The van der Waals surface area contributed by atoms with Gasteiger partial charge in [0, 0.05) is 25.1 Å². The van der Waals surface area contributed by atoms with E-state index >= 15 is 0 Å². The Kier molecular flexibility index (Phi) is 4.63. The molecule has 98 valence electrons. The van der Waals surface area contributed by atoms with Crippen LogP contribution in [0.3, 0.4) is 0 Å². The molecular weight excluding hydrogens is 290 g/mol. The van der Waals surface area contributed by atoms with E-state index < -0.39 is 0 Å². The summed E-state index contributed by atoms with van der Waals surface area (Å²) in [6, 6.07) is 0. The van der Waals surface area contributed by atoms with Gasteiger partial charge in [-0.1, -0.05) is 41.8 Å². The van der Waals surface area contributed by atoms with Crippen molar-refractivity contribution in [3.8, 4) is 0 Å². The van der Waals surface area contributed by atoms with E-state index in [2.05, 4.69) is 10.2 Å². The van der Waals surface area contributed by atoms with Crippen molar-refractivity contribution in [3.05, 3.63) is 0 Å². The summed E-state index contributed by atoms with van der Waals surface area (Å²) in [5, 5.41) is 8.81. The van der Waals surface area contributed by atoms with Crippen LogP contribution in [0.4, 0.5) is 5.13 Å². The first-order valence-corrected chi connectivity index (χ1v) is 8.22. The number of thioether (sulfide) groups is 2. The molecule has 18 heavy (non-hydrogen) atoms. The highest BCUT2D eigenvalue weighted by Crippen LogP contribution is 2.33. The van der Waals surface area contributed by atoms with E-state index in [4.69, 9.17) is 0 Å². The van der Waals surface area contributed by atoms with Crippen molar-refractivity contribution in [2.75, 3.05) is 17.2 Å². The number of carbonyl (C=O) groups is 2. The Labute approximate surface area is 118 Å². The van der Waals surface area contributed by atoms with Gasteiger partial charge in [0.05, 0.1) is 0 Å². The molecular formula is C10H13N3O2S3. The maximum Gasteiger partial charge on any atom is 0.230 e. The van der Waals surface area contributed by atoms with Crippen molar-refractivity contribution in [2.45, 2.75) is 29.9 Å². The highest BCUT2D eigenvalue weighted by atomic mass is 32.2. The third-order valence-electron chi connectivity index (χ3n) is 2.32. The summed E-state index contributed by atoms with van der Waals surface area (Å²) in [5.41, 5.74) is 0. The summed E-state index contributed by atoms with van der Waals surface area (Å²) < 4.78 is 0.878. The number of hydrogen-bond acceptors (Lipinski definition) is 7. The Morgan fingerprint density at radius 2 is 2.33 bits per heavy atom. The van der Waals surface area contributed by atoms with Crippen molar-refractivity contribution in [1.29, 1.82) is 0 Å². The van der Waals surface area contributed by atoms with Gasteiger partial charge in [0.1, 0.15) is 0 Å². The summed E-state index contributed by atoms with van der Waals surface area (Å²) in [7, 11) is 0. The van der Waals surface area contributed by atoms with Crippen LogP contribution in [-0.2, 0) is 9.59 Å². The molecule has 0 saturated carbocycles. The molecule has 2 rings (SSSR count). The van der Waals surface area contributed by atoms with E-state index in [1.165, 1.54) is 30.0 Å². The summed E-state index contributed by atoms with van der Waals surface area (Å²) in [6.07, 6.45) is 0.403. The monoisotopic (exact) mass is 303 g/mol. The first-order valence-electron chi connectivity index (χ1n) is 5.54. The molecule has 1 saturated heterocycles. The van der Waals surface area contributed by atoms with Crippen molar-refractivity contribution >= 4 is 51.0 Å². The zero-order valence-electron chi connectivity index (χ0n) is 10.1. The fourth-order valence-corrected chi connectivity index (χ4v) is 4.35. The maximum absolute atomic E-state index is 11.9. The van der Waals surface area contributed by atoms with Crippen LogP contribution < -0.4 is 4.90 Å². The lowest BCUT2D eigenvalue weighted by atomic mass is 10.4. The Balaban J connectivity index is 2.04. The summed E-state index contributed by atoms with van der Waals surface area (Å²) in [4.78, 5) is 24.5. The van der Waals surface area contributed by atoms with Gasteiger partial charge < -0.3 is 0 Å². The van der Waals surface area contributed by atoms with Crippen LogP contribution in [0, 0.1) is 0 Å². The SMILES string of the molecule is CCSc1nnc(N2CC(SC(C)=O)CC2=O)s1. The second-order valence-corrected chi connectivity index (χ2v) is 7.67. The van der Waals surface area contributed by atoms with Gasteiger partial charge in [0.25, 0.3) is 0 Å². The zero-order valence-corrected chi connectivity index (χ0v) is 12.5. The van der Waals surface area contributed by atoms with E-state index in [0.29, 0.717) is 18.1 Å². The van der Waals surface area contributed by atoms with E-state index in [9.17, 15) is 9.59 Å². The van der Waals surface area contributed by atoms with E-state index in [0.717, 1.165) is 10.1 Å². The predicted octanol–water partition coefficient (Wildman–Crippen LogP) is 2.04. The van der Waals surface area contributed by atoms with Crippen molar-refractivity contribution < 1.29 is 9.59 Å². The van der Waals surface area contributed by atoms with Crippen LogP contribution in [0.1, 0.15) is 20.3 Å². The number of amides is 1. The molecule has 0 N–H and O–H groups in total. The first kappa shape index (κ1) is 13.8. The normalized spacial score (nSPS) is 19.6. The highest BCUT2D eigenvalue weighted by molar-refractivity contribution is 8.14. The Hall–Kier alpha value is -0.600. The number of nitrogens with zero attached hydrogens (tertiary/aromatic N) is 3. The van der Waals surface area contributed by atoms with Gasteiger partial charge in [-0.05, 0) is 5.75 Å².